The predicted molar refractivity (Wildman–Crippen MR) is 126 cm³/mol. The van der Waals surface area contributed by atoms with Crippen molar-refractivity contribution in [2.45, 2.75) is 32.4 Å². The molecule has 0 spiro atoms. The lowest BCUT2D eigenvalue weighted by Crippen LogP contribution is -2.52. The fraction of sp³-hybridized carbons (Fsp3) is 0.208. The number of nitrogens with one attached hydrogen (secondary N) is 3. The first kappa shape index (κ1) is 21.6. The van der Waals surface area contributed by atoms with Crippen molar-refractivity contribution in [2.24, 2.45) is 0 Å². The predicted octanol–water partition coefficient (Wildman–Crippen LogP) is 1.47. The van der Waals surface area contributed by atoms with Crippen molar-refractivity contribution >= 4 is 40.3 Å². The van der Waals surface area contributed by atoms with E-state index in [0.717, 1.165) is 22.2 Å². The monoisotopic (exact) mass is 484 g/mol. The lowest BCUT2D eigenvalue weighted by atomic mass is 10.0. The lowest BCUT2D eigenvalue weighted by Gasteiger charge is -2.29. The van der Waals surface area contributed by atoms with Gasteiger partial charge in [0, 0.05) is 30.1 Å². The van der Waals surface area contributed by atoms with Gasteiger partial charge in [0.05, 0.1) is 23.8 Å². The van der Waals surface area contributed by atoms with E-state index in [4.69, 9.17) is 0 Å². The molecule has 3 aromatic heterocycles. The van der Waals surface area contributed by atoms with Crippen LogP contribution in [0.25, 0.3) is 16.7 Å². The molecule has 3 N–H and O–H groups in total. The number of hydrogen-bond donors (Lipinski definition) is 3. The molecule has 4 amide bonds. The average molecular weight is 484 g/mol. The maximum Gasteiger partial charge on any atom is 0.277 e. The molecule has 2 aliphatic rings. The number of pyridine rings is 1. The molecule has 2 aliphatic heterocycles. The normalized spacial score (nSPS) is 17.4. The Morgan fingerprint density at radius 1 is 1.19 bits per heavy atom. The molecule has 1 unspecified atom stereocenters. The van der Waals surface area contributed by atoms with Gasteiger partial charge >= 0.3 is 0 Å². The molecule has 6 rings (SSSR count). The van der Waals surface area contributed by atoms with E-state index in [1.807, 2.05) is 13.0 Å². The summed E-state index contributed by atoms with van der Waals surface area (Å²) >= 11 is 0. The zero-order chi connectivity index (χ0) is 25.0. The highest BCUT2D eigenvalue weighted by Gasteiger charge is 2.39. The van der Waals surface area contributed by atoms with Crippen LogP contribution in [0.15, 0.2) is 42.9 Å². The number of carbonyl (C=O) groups excluding carboxylic acids is 4. The second-order valence-electron chi connectivity index (χ2n) is 8.78. The molecule has 12 heteroatoms. The van der Waals surface area contributed by atoms with E-state index in [1.165, 1.54) is 15.8 Å². The van der Waals surface area contributed by atoms with Crippen molar-refractivity contribution in [1.29, 1.82) is 0 Å². The van der Waals surface area contributed by atoms with Gasteiger partial charge in [-0.2, -0.15) is 0 Å². The van der Waals surface area contributed by atoms with Gasteiger partial charge in [-0.3, -0.25) is 24.5 Å². The highest BCUT2D eigenvalue weighted by atomic mass is 16.2. The number of imide groups is 1. The number of piperidine rings is 1. The number of rotatable bonds is 4. The van der Waals surface area contributed by atoms with Crippen LogP contribution < -0.4 is 10.6 Å². The minimum absolute atomic E-state index is 0.0977. The molecule has 1 saturated heterocycles. The Morgan fingerprint density at radius 2 is 2.06 bits per heavy atom. The van der Waals surface area contributed by atoms with Crippen molar-refractivity contribution in [3.8, 4) is 5.69 Å². The van der Waals surface area contributed by atoms with Gasteiger partial charge in [0.1, 0.15) is 11.7 Å². The molecular formula is C24H20N8O4. The number of aryl methyl sites for hydroxylation is 1. The maximum absolute atomic E-state index is 13.1. The standard InChI is InChI=1S/C24H20N8O4/c1-12-15-6-7-25-21(15)26-9-17(12)27-22(34)18-11-32(30-29-18)14-3-2-13-10-31(24(36)16(13)8-14)19-4-5-20(33)28-23(19)35/h2-3,6-9,11,19H,4-5,10H2,1H3,(H,25,26)(H,27,34)(H,28,33,35). The third-order valence-electron chi connectivity index (χ3n) is 6.61. The molecule has 180 valence electrons. The fourth-order valence-electron chi connectivity index (χ4n) is 4.63. The summed E-state index contributed by atoms with van der Waals surface area (Å²) in [5.41, 5.74) is 4.04. The Hall–Kier alpha value is -4.87. The van der Waals surface area contributed by atoms with Gasteiger partial charge in [-0.1, -0.05) is 11.3 Å². The van der Waals surface area contributed by atoms with Crippen LogP contribution in [0.2, 0.25) is 0 Å². The third kappa shape index (κ3) is 3.50. The van der Waals surface area contributed by atoms with Crippen LogP contribution in [0.4, 0.5) is 5.69 Å². The Labute approximate surface area is 203 Å². The van der Waals surface area contributed by atoms with E-state index in [1.54, 1.807) is 30.6 Å². The number of H-pyrrole nitrogens is 1. The van der Waals surface area contributed by atoms with Gasteiger partial charge in [0.15, 0.2) is 5.69 Å². The highest BCUT2D eigenvalue weighted by molar-refractivity contribution is 6.06. The van der Waals surface area contributed by atoms with Crippen LogP contribution in [0, 0.1) is 6.92 Å². The van der Waals surface area contributed by atoms with Crippen molar-refractivity contribution in [2.75, 3.05) is 5.32 Å². The first-order valence-electron chi connectivity index (χ1n) is 11.3. The molecule has 1 aromatic carbocycles. The number of hydrogen-bond acceptors (Lipinski definition) is 7. The van der Waals surface area contributed by atoms with Crippen LogP contribution in [-0.2, 0) is 16.1 Å². The topological polar surface area (TPSA) is 155 Å². The van der Waals surface area contributed by atoms with E-state index in [-0.39, 0.29) is 30.5 Å². The van der Waals surface area contributed by atoms with E-state index in [9.17, 15) is 19.2 Å². The number of aromatic nitrogens is 5. The number of nitrogens with zero attached hydrogens (tertiary/aromatic N) is 5. The molecule has 0 radical (unpaired) electrons. The smallest absolute Gasteiger partial charge is 0.277 e. The second-order valence-corrected chi connectivity index (χ2v) is 8.78. The van der Waals surface area contributed by atoms with Gasteiger partial charge in [-0.15, -0.1) is 5.10 Å². The zero-order valence-electron chi connectivity index (χ0n) is 19.1. The zero-order valence-corrected chi connectivity index (χ0v) is 19.1. The molecular weight excluding hydrogens is 464 g/mol. The van der Waals surface area contributed by atoms with Crippen LogP contribution >= 0.6 is 0 Å². The van der Waals surface area contributed by atoms with E-state index < -0.39 is 17.9 Å². The van der Waals surface area contributed by atoms with Crippen LogP contribution in [0.1, 0.15) is 44.8 Å². The molecule has 0 aliphatic carbocycles. The van der Waals surface area contributed by atoms with Gasteiger partial charge in [-0.05, 0) is 42.7 Å². The Morgan fingerprint density at radius 3 is 2.89 bits per heavy atom. The molecule has 5 heterocycles. The minimum atomic E-state index is -0.684. The summed E-state index contributed by atoms with van der Waals surface area (Å²) in [7, 11) is 0. The van der Waals surface area contributed by atoms with Crippen LogP contribution in [0.3, 0.4) is 0 Å². The second kappa shape index (κ2) is 8.12. The van der Waals surface area contributed by atoms with E-state index in [2.05, 4.69) is 30.9 Å². The summed E-state index contributed by atoms with van der Waals surface area (Å²) in [6, 6.07) is 6.42. The highest BCUT2D eigenvalue weighted by Crippen LogP contribution is 2.29. The molecule has 0 bridgehead atoms. The van der Waals surface area contributed by atoms with Crippen LogP contribution in [-0.4, -0.2) is 59.5 Å². The molecule has 0 saturated carbocycles. The summed E-state index contributed by atoms with van der Waals surface area (Å²) < 4.78 is 1.41. The Bertz CT molecular complexity index is 1590. The molecule has 12 nitrogen and oxygen atoms in total. The van der Waals surface area contributed by atoms with Crippen molar-refractivity contribution in [3.63, 3.8) is 0 Å². The summed E-state index contributed by atoms with van der Waals surface area (Å²) in [5, 5.41) is 14.1. The molecule has 4 aromatic rings. The molecule has 36 heavy (non-hydrogen) atoms. The van der Waals surface area contributed by atoms with Gasteiger partial charge in [0.25, 0.3) is 11.8 Å². The average Bonchev–Trinajstić information content (AvgIpc) is 3.60. The Balaban J connectivity index is 1.21. The fourth-order valence-corrected chi connectivity index (χ4v) is 4.63. The first-order valence-corrected chi connectivity index (χ1v) is 11.3. The van der Waals surface area contributed by atoms with E-state index >= 15 is 0 Å². The summed E-state index contributed by atoms with van der Waals surface area (Å²) in [4.78, 5) is 58.4. The summed E-state index contributed by atoms with van der Waals surface area (Å²) in [6.45, 7) is 2.18. The number of amides is 4. The van der Waals surface area contributed by atoms with Gasteiger partial charge < -0.3 is 15.2 Å². The van der Waals surface area contributed by atoms with Crippen molar-refractivity contribution in [3.05, 3.63) is 65.2 Å². The minimum Gasteiger partial charge on any atom is -0.346 e. The number of aromatic amines is 1. The first-order chi connectivity index (χ1) is 17.4. The summed E-state index contributed by atoms with van der Waals surface area (Å²) in [6.07, 6.45) is 5.33. The Kier molecular flexibility index (Phi) is 4.88. The SMILES string of the molecule is Cc1c(NC(=O)c2cn(-c3ccc4c(c3)C(=O)N(C3CCC(=O)NC3=O)C4)nn2)cnc2[nH]ccc12. The lowest BCUT2D eigenvalue weighted by molar-refractivity contribution is -0.136. The summed E-state index contributed by atoms with van der Waals surface area (Å²) in [5.74, 6) is -1.52. The number of anilines is 1. The van der Waals surface area contributed by atoms with E-state index in [0.29, 0.717) is 23.4 Å². The maximum atomic E-state index is 13.1. The quantitative estimate of drug-likeness (QED) is 0.371. The van der Waals surface area contributed by atoms with Crippen molar-refractivity contribution in [1.82, 2.24) is 35.2 Å². The van der Waals surface area contributed by atoms with Crippen LogP contribution in [0.5, 0.6) is 0 Å². The van der Waals surface area contributed by atoms with Gasteiger partial charge in [0.2, 0.25) is 11.8 Å². The number of benzene rings is 1. The number of fused-ring (bicyclic) bond motifs is 2. The van der Waals surface area contributed by atoms with Crippen molar-refractivity contribution < 1.29 is 19.2 Å². The molecule has 1 atom stereocenters. The third-order valence-corrected chi connectivity index (χ3v) is 6.61. The van der Waals surface area contributed by atoms with Gasteiger partial charge in [-0.25, -0.2) is 9.67 Å². The largest absolute Gasteiger partial charge is 0.346 e. The molecule has 1 fully saturated rings. The number of carbonyl (C=O) groups is 4.